The number of aryl methyl sites for hydroxylation is 1. The van der Waals surface area contributed by atoms with Crippen molar-refractivity contribution >= 4 is 11.0 Å². The van der Waals surface area contributed by atoms with E-state index in [1.807, 2.05) is 18.2 Å². The fourth-order valence-corrected chi connectivity index (χ4v) is 3.16. The summed E-state index contributed by atoms with van der Waals surface area (Å²) in [7, 11) is 0. The number of hydrogen-bond acceptors (Lipinski definition) is 3. The van der Waals surface area contributed by atoms with Gasteiger partial charge in [0, 0.05) is 5.39 Å². The second-order valence-electron chi connectivity index (χ2n) is 5.98. The third-order valence-corrected chi connectivity index (χ3v) is 4.75. The molecule has 2 aromatic rings. The van der Waals surface area contributed by atoms with Gasteiger partial charge >= 0.3 is 0 Å². The lowest BCUT2D eigenvalue weighted by atomic mass is 9.87. The predicted molar refractivity (Wildman–Crippen MR) is 87.5 cm³/mol. The zero-order chi connectivity index (χ0) is 15.6. The number of likely N-dealkylation sites (N-methyl/N-ethyl adjacent to an activating group) is 1. The lowest BCUT2D eigenvalue weighted by Gasteiger charge is -2.42. The van der Waals surface area contributed by atoms with Crippen LogP contribution in [0.15, 0.2) is 28.7 Å². The van der Waals surface area contributed by atoms with Crippen LogP contribution < -0.4 is 0 Å². The number of hydrogen-bond donors (Lipinski definition) is 1. The van der Waals surface area contributed by atoms with Crippen molar-refractivity contribution in [1.29, 1.82) is 0 Å². The first-order chi connectivity index (χ1) is 9.96. The van der Waals surface area contributed by atoms with Gasteiger partial charge < -0.3 is 9.52 Å². The Morgan fingerprint density at radius 2 is 1.86 bits per heavy atom. The summed E-state index contributed by atoms with van der Waals surface area (Å²) in [4.78, 5) is 2.30. The third-order valence-electron chi connectivity index (χ3n) is 4.75. The molecule has 1 N–H and O–H groups in total. The summed E-state index contributed by atoms with van der Waals surface area (Å²) in [6.07, 6.45) is 0.237. The number of aliphatic hydroxyl groups excluding tert-OH is 1. The zero-order valence-corrected chi connectivity index (χ0v) is 13.8. The maximum absolute atomic E-state index is 10.9. The Morgan fingerprint density at radius 1 is 1.19 bits per heavy atom. The molecule has 2 unspecified atom stereocenters. The van der Waals surface area contributed by atoms with Gasteiger partial charge in [0.05, 0.1) is 5.54 Å². The second kappa shape index (κ2) is 6.20. The Labute approximate surface area is 127 Å². The smallest absolute Gasteiger partial charge is 0.135 e. The summed E-state index contributed by atoms with van der Waals surface area (Å²) in [5.41, 5.74) is 1.73. The van der Waals surface area contributed by atoms with Gasteiger partial charge in [-0.3, -0.25) is 4.90 Å². The largest absolute Gasteiger partial charge is 0.458 e. The van der Waals surface area contributed by atoms with E-state index in [0.29, 0.717) is 5.76 Å². The van der Waals surface area contributed by atoms with Crippen molar-refractivity contribution in [3.8, 4) is 0 Å². The highest BCUT2D eigenvalue weighted by molar-refractivity contribution is 5.78. The fourth-order valence-electron chi connectivity index (χ4n) is 3.16. The Balaban J connectivity index is 2.41. The van der Waals surface area contributed by atoms with Crippen LogP contribution in [-0.4, -0.2) is 28.6 Å². The van der Waals surface area contributed by atoms with Crippen molar-refractivity contribution in [1.82, 2.24) is 4.90 Å². The van der Waals surface area contributed by atoms with Crippen LogP contribution in [0.3, 0.4) is 0 Å². The molecule has 3 nitrogen and oxygen atoms in total. The molecule has 116 valence electrons. The van der Waals surface area contributed by atoms with E-state index in [1.54, 1.807) is 0 Å². The summed E-state index contributed by atoms with van der Waals surface area (Å²) in [6.45, 7) is 12.4. The molecule has 3 heteroatoms. The molecular weight excluding hydrogens is 262 g/mol. The number of fused-ring (bicyclic) bond motifs is 1. The van der Waals surface area contributed by atoms with Crippen molar-refractivity contribution in [2.24, 2.45) is 0 Å². The number of furan rings is 1. The zero-order valence-electron chi connectivity index (χ0n) is 13.8. The van der Waals surface area contributed by atoms with Gasteiger partial charge in [0.25, 0.3) is 0 Å². The van der Waals surface area contributed by atoms with E-state index in [-0.39, 0.29) is 5.54 Å². The summed E-state index contributed by atoms with van der Waals surface area (Å²) >= 11 is 0. The average molecular weight is 289 g/mol. The highest BCUT2D eigenvalue weighted by atomic mass is 16.4. The predicted octanol–water partition coefficient (Wildman–Crippen LogP) is 4.29. The van der Waals surface area contributed by atoms with E-state index >= 15 is 0 Å². The summed E-state index contributed by atoms with van der Waals surface area (Å²) in [5, 5.41) is 12.0. The minimum absolute atomic E-state index is 0.313. The first kappa shape index (κ1) is 16.1. The average Bonchev–Trinajstić information content (AvgIpc) is 2.90. The molecular formula is C18H27NO2. The van der Waals surface area contributed by atoms with Crippen molar-refractivity contribution in [2.75, 3.05) is 13.1 Å². The van der Waals surface area contributed by atoms with Gasteiger partial charge in [-0.15, -0.1) is 0 Å². The molecule has 0 aliphatic carbocycles. The molecule has 0 bridgehead atoms. The molecule has 2 rings (SSSR count). The topological polar surface area (TPSA) is 36.6 Å². The van der Waals surface area contributed by atoms with Crippen LogP contribution in [0.2, 0.25) is 0 Å². The molecule has 1 heterocycles. The van der Waals surface area contributed by atoms with Crippen LogP contribution in [0, 0.1) is 6.92 Å². The number of rotatable bonds is 6. The monoisotopic (exact) mass is 289 g/mol. The van der Waals surface area contributed by atoms with Crippen molar-refractivity contribution in [2.45, 2.75) is 52.7 Å². The van der Waals surface area contributed by atoms with E-state index in [4.69, 9.17) is 4.42 Å². The molecule has 2 atom stereocenters. The Kier molecular flexibility index (Phi) is 4.74. The van der Waals surface area contributed by atoms with Gasteiger partial charge in [-0.05, 0) is 51.6 Å². The van der Waals surface area contributed by atoms with Gasteiger partial charge in [-0.25, -0.2) is 0 Å². The standard InChI is InChI=1S/C18H27NO2/c1-6-18(5,19(7-2)8-3)17(20)16-12-14-11-13(4)9-10-15(14)21-16/h9-12,17,20H,6-8H2,1-5H3. The van der Waals surface area contributed by atoms with E-state index in [0.717, 1.165) is 30.5 Å². The number of nitrogens with zero attached hydrogens (tertiary/aromatic N) is 1. The van der Waals surface area contributed by atoms with Crippen LogP contribution in [0.4, 0.5) is 0 Å². The number of benzene rings is 1. The highest BCUT2D eigenvalue weighted by Crippen LogP contribution is 2.36. The van der Waals surface area contributed by atoms with Crippen LogP contribution in [-0.2, 0) is 0 Å². The summed E-state index contributed by atoms with van der Waals surface area (Å²) < 4.78 is 5.90. The van der Waals surface area contributed by atoms with Crippen LogP contribution in [0.25, 0.3) is 11.0 Å². The Morgan fingerprint density at radius 3 is 2.43 bits per heavy atom. The van der Waals surface area contributed by atoms with Crippen molar-refractivity contribution in [3.05, 3.63) is 35.6 Å². The van der Waals surface area contributed by atoms with E-state index < -0.39 is 6.10 Å². The van der Waals surface area contributed by atoms with Gasteiger partial charge in [-0.2, -0.15) is 0 Å². The minimum atomic E-state index is -0.630. The first-order valence-corrected chi connectivity index (χ1v) is 7.89. The first-order valence-electron chi connectivity index (χ1n) is 7.89. The molecule has 0 aliphatic rings. The molecule has 0 saturated carbocycles. The fraction of sp³-hybridized carbons (Fsp3) is 0.556. The van der Waals surface area contributed by atoms with Crippen LogP contribution in [0.1, 0.15) is 51.5 Å². The minimum Gasteiger partial charge on any atom is -0.458 e. The normalized spacial score (nSPS) is 16.3. The van der Waals surface area contributed by atoms with Crippen LogP contribution in [0.5, 0.6) is 0 Å². The van der Waals surface area contributed by atoms with Crippen molar-refractivity contribution in [3.63, 3.8) is 0 Å². The maximum Gasteiger partial charge on any atom is 0.135 e. The third kappa shape index (κ3) is 2.85. The quantitative estimate of drug-likeness (QED) is 0.862. The molecule has 21 heavy (non-hydrogen) atoms. The number of aliphatic hydroxyl groups is 1. The Hall–Kier alpha value is -1.32. The summed E-state index contributed by atoms with van der Waals surface area (Å²) in [5.74, 6) is 0.659. The summed E-state index contributed by atoms with van der Waals surface area (Å²) in [6, 6.07) is 8.08. The van der Waals surface area contributed by atoms with Gasteiger partial charge in [0.1, 0.15) is 17.4 Å². The Bertz CT molecular complexity index is 600. The lowest BCUT2D eigenvalue weighted by molar-refractivity contribution is -0.0314. The molecule has 1 aromatic carbocycles. The molecule has 0 fully saturated rings. The molecule has 0 radical (unpaired) electrons. The van der Waals surface area contributed by atoms with Crippen LogP contribution >= 0.6 is 0 Å². The lowest BCUT2D eigenvalue weighted by Crippen LogP contribution is -2.50. The van der Waals surface area contributed by atoms with Gasteiger partial charge in [-0.1, -0.05) is 32.4 Å². The SMILES string of the molecule is CCN(CC)C(C)(CC)C(O)c1cc2cc(C)ccc2o1. The second-order valence-corrected chi connectivity index (χ2v) is 5.98. The molecule has 0 spiro atoms. The van der Waals surface area contributed by atoms with Crippen molar-refractivity contribution < 1.29 is 9.52 Å². The van der Waals surface area contributed by atoms with Gasteiger partial charge in [0.15, 0.2) is 0 Å². The van der Waals surface area contributed by atoms with Gasteiger partial charge in [0.2, 0.25) is 0 Å². The molecule has 1 aromatic heterocycles. The van der Waals surface area contributed by atoms with E-state index in [1.165, 1.54) is 5.56 Å². The maximum atomic E-state index is 10.9. The molecule has 0 saturated heterocycles. The highest BCUT2D eigenvalue weighted by Gasteiger charge is 2.38. The molecule has 0 amide bonds. The van der Waals surface area contributed by atoms with E-state index in [2.05, 4.69) is 45.6 Å². The molecule has 0 aliphatic heterocycles. The van der Waals surface area contributed by atoms with E-state index in [9.17, 15) is 5.11 Å².